The van der Waals surface area contributed by atoms with Crippen molar-refractivity contribution in [1.82, 2.24) is 14.8 Å². The van der Waals surface area contributed by atoms with Crippen LogP contribution in [0.5, 0.6) is 0 Å². The van der Waals surface area contributed by atoms with Gasteiger partial charge < -0.3 is 10.1 Å². The van der Waals surface area contributed by atoms with E-state index in [2.05, 4.69) is 22.1 Å². The molecule has 0 atom stereocenters. The number of amides is 1. The molecule has 10 heteroatoms. The van der Waals surface area contributed by atoms with Gasteiger partial charge in [0.15, 0.2) is 11.0 Å². The van der Waals surface area contributed by atoms with Crippen LogP contribution in [0.3, 0.4) is 0 Å². The standard InChI is InChI=1S/C25H27ClN4O3S2/c1-3-14-30-22(16-10-12-17(26)13-11-16)28-29-25(30)34-15-20(31)27-23-21(24(32)33-2)18-8-6-4-5-7-9-19(18)35-23/h3,10-13H,1,4-9,14-15H2,2H3,(H,27,31). The van der Waals surface area contributed by atoms with E-state index in [1.807, 2.05) is 16.7 Å². The van der Waals surface area contributed by atoms with Crippen molar-refractivity contribution in [3.05, 3.63) is 57.9 Å². The number of methoxy groups -OCH3 is 1. The quantitative estimate of drug-likeness (QED) is 0.218. The predicted molar refractivity (Wildman–Crippen MR) is 142 cm³/mol. The van der Waals surface area contributed by atoms with Crippen molar-refractivity contribution in [2.24, 2.45) is 0 Å². The van der Waals surface area contributed by atoms with E-state index in [0.717, 1.165) is 43.2 Å². The second-order valence-electron chi connectivity index (χ2n) is 8.16. The lowest BCUT2D eigenvalue weighted by Crippen LogP contribution is -2.17. The molecule has 2 aromatic heterocycles. The number of allylic oxidation sites excluding steroid dienone is 1. The number of nitrogens with zero attached hydrogens (tertiary/aromatic N) is 3. The number of halogens is 1. The van der Waals surface area contributed by atoms with Crippen LogP contribution in [0.1, 0.15) is 46.5 Å². The first-order valence-electron chi connectivity index (χ1n) is 11.5. The van der Waals surface area contributed by atoms with Crippen LogP contribution in [-0.2, 0) is 28.9 Å². The number of carbonyl (C=O) groups excluding carboxylic acids is 2. The van der Waals surface area contributed by atoms with Crippen LogP contribution < -0.4 is 5.32 Å². The zero-order valence-corrected chi connectivity index (χ0v) is 21.9. The monoisotopic (exact) mass is 530 g/mol. The van der Waals surface area contributed by atoms with Gasteiger partial charge in [-0.2, -0.15) is 0 Å². The molecule has 1 aliphatic rings. The number of hydrogen-bond acceptors (Lipinski definition) is 7. The number of aromatic nitrogens is 3. The van der Waals surface area contributed by atoms with Crippen molar-refractivity contribution >= 4 is 51.6 Å². The van der Waals surface area contributed by atoms with Gasteiger partial charge in [0.1, 0.15) is 5.00 Å². The molecule has 0 aliphatic heterocycles. The summed E-state index contributed by atoms with van der Waals surface area (Å²) in [6.45, 7) is 4.33. The lowest BCUT2D eigenvalue weighted by molar-refractivity contribution is -0.113. The molecule has 3 aromatic rings. The van der Waals surface area contributed by atoms with Crippen LogP contribution in [0.2, 0.25) is 5.02 Å². The Morgan fingerprint density at radius 2 is 1.94 bits per heavy atom. The van der Waals surface area contributed by atoms with Crippen LogP contribution in [-0.4, -0.2) is 39.5 Å². The van der Waals surface area contributed by atoms with Crippen molar-refractivity contribution in [3.8, 4) is 11.4 Å². The number of fused-ring (bicyclic) bond motifs is 1. The highest BCUT2D eigenvalue weighted by Gasteiger charge is 2.26. The molecule has 0 radical (unpaired) electrons. The fourth-order valence-electron chi connectivity index (χ4n) is 4.12. The third kappa shape index (κ3) is 5.97. The number of nitrogens with one attached hydrogen (secondary N) is 1. The molecular formula is C25H27ClN4O3S2. The maximum absolute atomic E-state index is 12.9. The molecular weight excluding hydrogens is 504 g/mol. The maximum Gasteiger partial charge on any atom is 0.341 e. The van der Waals surface area contributed by atoms with E-state index in [1.165, 1.54) is 41.5 Å². The van der Waals surface area contributed by atoms with Crippen LogP contribution in [0.4, 0.5) is 5.00 Å². The van der Waals surface area contributed by atoms with Crippen LogP contribution in [0.25, 0.3) is 11.4 Å². The fraction of sp³-hybridized carbons (Fsp3) is 0.360. The van der Waals surface area contributed by atoms with E-state index in [-0.39, 0.29) is 11.7 Å². The lowest BCUT2D eigenvalue weighted by Gasteiger charge is -2.11. The first-order chi connectivity index (χ1) is 17.0. The van der Waals surface area contributed by atoms with E-state index in [0.29, 0.717) is 33.1 Å². The molecule has 4 rings (SSSR count). The average Bonchev–Trinajstić information content (AvgIpc) is 3.38. The van der Waals surface area contributed by atoms with E-state index in [4.69, 9.17) is 16.3 Å². The molecule has 184 valence electrons. The van der Waals surface area contributed by atoms with Gasteiger partial charge in [-0.05, 0) is 55.5 Å². The van der Waals surface area contributed by atoms with E-state index in [9.17, 15) is 9.59 Å². The SMILES string of the molecule is C=CCn1c(SCC(=O)Nc2sc3c(c2C(=O)OC)CCCCCC3)nnc1-c1ccc(Cl)cc1. The van der Waals surface area contributed by atoms with Gasteiger partial charge in [-0.1, -0.05) is 42.3 Å². The highest BCUT2D eigenvalue weighted by Crippen LogP contribution is 2.37. The van der Waals surface area contributed by atoms with E-state index >= 15 is 0 Å². The normalized spacial score (nSPS) is 13.4. The molecule has 35 heavy (non-hydrogen) atoms. The molecule has 1 amide bonds. The summed E-state index contributed by atoms with van der Waals surface area (Å²) in [6.07, 6.45) is 7.98. The Hall–Kier alpha value is -2.62. The molecule has 1 N–H and O–H groups in total. The fourth-order valence-corrected chi connectivity index (χ4v) is 6.29. The van der Waals surface area contributed by atoms with Crippen LogP contribution in [0.15, 0.2) is 42.1 Å². The molecule has 0 unspecified atom stereocenters. The minimum absolute atomic E-state index is 0.124. The minimum atomic E-state index is -0.399. The number of thiophene rings is 1. The molecule has 0 spiro atoms. The second kappa shape index (κ2) is 11.9. The zero-order valence-electron chi connectivity index (χ0n) is 19.5. The topological polar surface area (TPSA) is 86.1 Å². The van der Waals surface area contributed by atoms with Crippen LogP contribution in [0, 0.1) is 0 Å². The number of esters is 1. The van der Waals surface area contributed by atoms with Crippen molar-refractivity contribution in [1.29, 1.82) is 0 Å². The summed E-state index contributed by atoms with van der Waals surface area (Å²) < 4.78 is 6.96. The Kier molecular flexibility index (Phi) is 8.64. The van der Waals surface area contributed by atoms with Gasteiger partial charge in [0.25, 0.3) is 0 Å². The summed E-state index contributed by atoms with van der Waals surface area (Å²) in [5, 5.41) is 13.4. The molecule has 0 fully saturated rings. The number of benzene rings is 1. The second-order valence-corrected chi connectivity index (χ2v) is 10.6. The largest absolute Gasteiger partial charge is 0.465 e. The first-order valence-corrected chi connectivity index (χ1v) is 13.6. The summed E-state index contributed by atoms with van der Waals surface area (Å²) in [5.41, 5.74) is 2.41. The molecule has 7 nitrogen and oxygen atoms in total. The number of anilines is 1. The number of ether oxygens (including phenoxy) is 1. The molecule has 0 saturated heterocycles. The van der Waals surface area contributed by atoms with Crippen LogP contribution >= 0.6 is 34.7 Å². The summed E-state index contributed by atoms with van der Waals surface area (Å²) in [6, 6.07) is 7.36. The Morgan fingerprint density at radius 1 is 1.20 bits per heavy atom. The smallest absolute Gasteiger partial charge is 0.341 e. The van der Waals surface area contributed by atoms with E-state index < -0.39 is 5.97 Å². The van der Waals surface area contributed by atoms with Gasteiger partial charge >= 0.3 is 5.97 Å². The van der Waals surface area contributed by atoms with E-state index in [1.54, 1.807) is 18.2 Å². The third-order valence-electron chi connectivity index (χ3n) is 5.78. The number of hydrogen-bond donors (Lipinski definition) is 1. The Labute approximate surface area is 217 Å². The van der Waals surface area contributed by atoms with Gasteiger partial charge in [-0.15, -0.1) is 28.1 Å². The van der Waals surface area contributed by atoms with Crippen molar-refractivity contribution in [2.45, 2.75) is 50.2 Å². The van der Waals surface area contributed by atoms with Gasteiger partial charge in [0.05, 0.1) is 18.4 Å². The lowest BCUT2D eigenvalue weighted by atomic mass is 9.96. The van der Waals surface area contributed by atoms with Gasteiger partial charge in [0.2, 0.25) is 5.91 Å². The molecule has 0 bridgehead atoms. The van der Waals surface area contributed by atoms with Gasteiger partial charge in [-0.3, -0.25) is 9.36 Å². The Morgan fingerprint density at radius 3 is 2.66 bits per heavy atom. The number of rotatable bonds is 8. The molecule has 2 heterocycles. The average molecular weight is 531 g/mol. The molecule has 0 saturated carbocycles. The van der Waals surface area contributed by atoms with Gasteiger partial charge in [0, 0.05) is 22.0 Å². The Bertz CT molecular complexity index is 1220. The number of carbonyl (C=O) groups is 2. The van der Waals surface area contributed by atoms with Crippen molar-refractivity contribution < 1.29 is 14.3 Å². The highest BCUT2D eigenvalue weighted by atomic mass is 35.5. The van der Waals surface area contributed by atoms with Crippen molar-refractivity contribution in [3.63, 3.8) is 0 Å². The summed E-state index contributed by atoms with van der Waals surface area (Å²) in [7, 11) is 1.38. The Balaban J connectivity index is 1.51. The summed E-state index contributed by atoms with van der Waals surface area (Å²) >= 11 is 8.79. The maximum atomic E-state index is 12.9. The molecule has 1 aromatic carbocycles. The molecule has 1 aliphatic carbocycles. The minimum Gasteiger partial charge on any atom is -0.465 e. The number of thioether (sulfide) groups is 1. The summed E-state index contributed by atoms with van der Waals surface area (Å²) in [4.78, 5) is 26.7. The zero-order chi connectivity index (χ0) is 24.8. The van der Waals surface area contributed by atoms with Gasteiger partial charge in [-0.25, -0.2) is 4.79 Å². The highest BCUT2D eigenvalue weighted by molar-refractivity contribution is 7.99. The predicted octanol–water partition coefficient (Wildman–Crippen LogP) is 6.02. The van der Waals surface area contributed by atoms with Crippen molar-refractivity contribution in [2.75, 3.05) is 18.2 Å². The third-order valence-corrected chi connectivity index (χ3v) is 8.20. The first kappa shape index (κ1) is 25.5. The number of aryl methyl sites for hydroxylation is 1. The summed E-state index contributed by atoms with van der Waals surface area (Å²) in [5.74, 6) is 0.189.